The highest BCUT2D eigenvalue weighted by Gasteiger charge is 2.00. The monoisotopic (exact) mass is 253 g/mol. The summed E-state index contributed by atoms with van der Waals surface area (Å²) in [5.74, 6) is 2.61. The molecule has 19 heavy (non-hydrogen) atoms. The number of nitrogens with one attached hydrogen (secondary N) is 2. The Hall–Kier alpha value is -2.56. The van der Waals surface area contributed by atoms with Gasteiger partial charge < -0.3 is 14.9 Å². The van der Waals surface area contributed by atoms with Gasteiger partial charge in [0.05, 0.1) is 17.2 Å². The number of nitrogens with zero attached hydrogens (tertiary/aromatic N) is 3. The number of aromatic nitrogens is 4. The first-order chi connectivity index (χ1) is 9.22. The quantitative estimate of drug-likeness (QED) is 0.754. The van der Waals surface area contributed by atoms with Crippen LogP contribution in [0.2, 0.25) is 0 Å². The molecule has 96 valence electrons. The van der Waals surface area contributed by atoms with Crippen molar-refractivity contribution >= 4 is 29.0 Å². The molecule has 0 atom stereocenters. The van der Waals surface area contributed by atoms with Crippen molar-refractivity contribution in [1.82, 2.24) is 19.9 Å². The van der Waals surface area contributed by atoms with Crippen LogP contribution in [0.5, 0.6) is 0 Å². The molecule has 5 nitrogen and oxygen atoms in total. The number of para-hydroxylation sites is 2. The summed E-state index contributed by atoms with van der Waals surface area (Å²) in [5.41, 5.74) is 2.01. The summed E-state index contributed by atoms with van der Waals surface area (Å²) in [6.45, 7) is 0. The normalized spacial score (nSPS) is 11.5. The fourth-order valence-corrected chi connectivity index (χ4v) is 1.85. The number of hydrogen-bond acceptors (Lipinski definition) is 3. The van der Waals surface area contributed by atoms with Crippen LogP contribution in [0.4, 0.5) is 5.82 Å². The molecule has 3 aromatic rings. The average molecular weight is 253 g/mol. The number of hydrogen-bond donors (Lipinski definition) is 2. The average Bonchev–Trinajstić information content (AvgIpc) is 3.02. The molecule has 0 spiro atoms. The minimum Gasteiger partial charge on any atom is -0.363 e. The molecule has 0 saturated carbocycles. The van der Waals surface area contributed by atoms with Crippen molar-refractivity contribution in [2.75, 3.05) is 19.0 Å². The number of H-pyrrole nitrogens is 2. The van der Waals surface area contributed by atoms with E-state index >= 15 is 0 Å². The molecule has 0 bridgehead atoms. The maximum absolute atomic E-state index is 4.48. The summed E-state index contributed by atoms with van der Waals surface area (Å²) in [4.78, 5) is 17.2. The molecule has 1 aromatic carbocycles. The zero-order valence-corrected chi connectivity index (χ0v) is 10.9. The van der Waals surface area contributed by atoms with E-state index in [0.29, 0.717) is 0 Å². The van der Waals surface area contributed by atoms with Crippen molar-refractivity contribution < 1.29 is 0 Å². The van der Waals surface area contributed by atoms with E-state index in [0.717, 1.165) is 28.5 Å². The molecular weight excluding hydrogens is 238 g/mol. The van der Waals surface area contributed by atoms with Crippen LogP contribution >= 0.6 is 0 Å². The van der Waals surface area contributed by atoms with E-state index in [1.54, 1.807) is 6.20 Å². The lowest BCUT2D eigenvalue weighted by molar-refractivity contribution is 1.08. The van der Waals surface area contributed by atoms with Crippen molar-refractivity contribution in [1.29, 1.82) is 0 Å². The van der Waals surface area contributed by atoms with E-state index < -0.39 is 0 Å². The van der Waals surface area contributed by atoms with E-state index in [9.17, 15) is 0 Å². The van der Waals surface area contributed by atoms with Gasteiger partial charge in [0, 0.05) is 14.1 Å². The van der Waals surface area contributed by atoms with Crippen LogP contribution in [0, 0.1) is 0 Å². The molecule has 2 aromatic heterocycles. The van der Waals surface area contributed by atoms with Gasteiger partial charge >= 0.3 is 0 Å². The summed E-state index contributed by atoms with van der Waals surface area (Å²) < 4.78 is 0. The number of benzene rings is 1. The Balaban J connectivity index is 1.84. The van der Waals surface area contributed by atoms with Gasteiger partial charge in [0.25, 0.3) is 0 Å². The number of imidazole rings is 2. The Morgan fingerprint density at radius 1 is 1.05 bits per heavy atom. The van der Waals surface area contributed by atoms with Crippen molar-refractivity contribution in [3.05, 3.63) is 42.1 Å². The molecule has 0 amide bonds. The molecule has 0 aliphatic heterocycles. The van der Waals surface area contributed by atoms with Gasteiger partial charge in [-0.25, -0.2) is 9.97 Å². The van der Waals surface area contributed by atoms with Crippen LogP contribution in [0.15, 0.2) is 30.5 Å². The summed E-state index contributed by atoms with van der Waals surface area (Å²) in [6.07, 6.45) is 5.63. The summed E-state index contributed by atoms with van der Waals surface area (Å²) in [5, 5.41) is 0. The third kappa shape index (κ3) is 2.35. The first kappa shape index (κ1) is 11.5. The Labute approximate surface area is 111 Å². The zero-order valence-electron chi connectivity index (χ0n) is 10.9. The van der Waals surface area contributed by atoms with Gasteiger partial charge in [-0.2, -0.15) is 0 Å². The van der Waals surface area contributed by atoms with E-state index in [1.165, 1.54) is 0 Å². The Morgan fingerprint density at radius 3 is 2.58 bits per heavy atom. The topological polar surface area (TPSA) is 60.6 Å². The molecule has 0 aliphatic rings. The summed E-state index contributed by atoms with van der Waals surface area (Å²) in [6, 6.07) is 7.97. The minimum atomic E-state index is 0.809. The van der Waals surface area contributed by atoms with Crippen LogP contribution in [0.3, 0.4) is 0 Å². The summed E-state index contributed by atoms with van der Waals surface area (Å²) in [7, 11) is 3.94. The second kappa shape index (κ2) is 4.61. The SMILES string of the molecule is CN(C)c1cnc(/C=C/c2nc3ccccc3[nH]2)[nH]1. The highest BCUT2D eigenvalue weighted by Crippen LogP contribution is 2.13. The number of aromatic amines is 2. The van der Waals surface area contributed by atoms with Crippen molar-refractivity contribution in [2.45, 2.75) is 0 Å². The van der Waals surface area contributed by atoms with E-state index in [1.807, 2.05) is 55.4 Å². The fourth-order valence-electron chi connectivity index (χ4n) is 1.85. The van der Waals surface area contributed by atoms with Gasteiger partial charge in [-0.05, 0) is 24.3 Å². The number of rotatable bonds is 3. The smallest absolute Gasteiger partial charge is 0.131 e. The lowest BCUT2D eigenvalue weighted by Gasteiger charge is -2.06. The molecule has 0 unspecified atom stereocenters. The Bertz CT molecular complexity index is 687. The lowest BCUT2D eigenvalue weighted by atomic mass is 10.3. The molecule has 0 radical (unpaired) electrons. The first-order valence-corrected chi connectivity index (χ1v) is 6.07. The molecule has 2 heterocycles. The highest BCUT2D eigenvalue weighted by molar-refractivity contribution is 5.78. The fraction of sp³-hybridized carbons (Fsp3) is 0.143. The predicted octanol–water partition coefficient (Wildman–Crippen LogP) is 2.52. The maximum atomic E-state index is 4.48. The maximum Gasteiger partial charge on any atom is 0.131 e. The molecular formula is C14H15N5. The lowest BCUT2D eigenvalue weighted by Crippen LogP contribution is -2.08. The van der Waals surface area contributed by atoms with Crippen molar-refractivity contribution in [3.8, 4) is 0 Å². The van der Waals surface area contributed by atoms with E-state index in [4.69, 9.17) is 0 Å². The van der Waals surface area contributed by atoms with Crippen molar-refractivity contribution in [2.24, 2.45) is 0 Å². The van der Waals surface area contributed by atoms with Crippen LogP contribution < -0.4 is 4.90 Å². The third-order valence-electron chi connectivity index (χ3n) is 2.87. The molecule has 0 saturated heterocycles. The minimum absolute atomic E-state index is 0.809. The highest BCUT2D eigenvalue weighted by atomic mass is 15.2. The molecule has 5 heteroatoms. The number of anilines is 1. The molecule has 0 fully saturated rings. The van der Waals surface area contributed by atoms with E-state index in [-0.39, 0.29) is 0 Å². The van der Waals surface area contributed by atoms with Gasteiger partial charge in [0.2, 0.25) is 0 Å². The molecule has 3 rings (SSSR count). The first-order valence-electron chi connectivity index (χ1n) is 6.07. The van der Waals surface area contributed by atoms with E-state index in [2.05, 4.69) is 19.9 Å². The summed E-state index contributed by atoms with van der Waals surface area (Å²) >= 11 is 0. The predicted molar refractivity (Wildman–Crippen MR) is 77.9 cm³/mol. The second-order valence-electron chi connectivity index (χ2n) is 4.52. The molecule has 2 N–H and O–H groups in total. The van der Waals surface area contributed by atoms with Crippen LogP contribution in [-0.4, -0.2) is 34.0 Å². The van der Waals surface area contributed by atoms with Gasteiger partial charge in [0.1, 0.15) is 17.5 Å². The third-order valence-corrected chi connectivity index (χ3v) is 2.87. The van der Waals surface area contributed by atoms with Crippen LogP contribution in [0.25, 0.3) is 23.2 Å². The second-order valence-corrected chi connectivity index (χ2v) is 4.52. The standard InChI is InChI=1S/C14H15N5/c1-19(2)14-9-15-12(18-14)7-8-13-16-10-5-3-4-6-11(10)17-13/h3-9H,1-2H3,(H,15,18)(H,16,17)/b8-7+. The van der Waals surface area contributed by atoms with Gasteiger partial charge in [-0.15, -0.1) is 0 Å². The Kier molecular flexibility index (Phi) is 2.79. The van der Waals surface area contributed by atoms with Gasteiger partial charge in [-0.3, -0.25) is 0 Å². The van der Waals surface area contributed by atoms with Gasteiger partial charge in [-0.1, -0.05) is 12.1 Å². The largest absolute Gasteiger partial charge is 0.363 e. The number of fused-ring (bicyclic) bond motifs is 1. The van der Waals surface area contributed by atoms with Crippen LogP contribution in [-0.2, 0) is 0 Å². The van der Waals surface area contributed by atoms with Gasteiger partial charge in [0.15, 0.2) is 0 Å². The Morgan fingerprint density at radius 2 is 1.84 bits per heavy atom. The molecule has 0 aliphatic carbocycles. The zero-order chi connectivity index (χ0) is 13.2. The van der Waals surface area contributed by atoms with Crippen LogP contribution in [0.1, 0.15) is 11.6 Å². The van der Waals surface area contributed by atoms with Crippen molar-refractivity contribution in [3.63, 3.8) is 0 Å².